The van der Waals surface area contributed by atoms with Gasteiger partial charge in [0, 0.05) is 24.5 Å². The largest absolute Gasteiger partial charge is 0.269 e. The molecule has 5 aromatic carbocycles. The van der Waals surface area contributed by atoms with Crippen LogP contribution in [0.3, 0.4) is 0 Å². The van der Waals surface area contributed by atoms with Crippen molar-refractivity contribution in [1.29, 1.82) is 0 Å². The van der Waals surface area contributed by atoms with Gasteiger partial charge >= 0.3 is 0 Å². The molecule has 10 heteroatoms. The highest BCUT2D eigenvalue weighted by Gasteiger charge is 2.17. The van der Waals surface area contributed by atoms with Gasteiger partial charge < -0.3 is 0 Å². The lowest BCUT2D eigenvalue weighted by Crippen LogP contribution is -2.03. The van der Waals surface area contributed by atoms with E-state index >= 15 is 0 Å². The molecular weight excluding hydrogens is 1100 g/mol. The zero-order valence-corrected chi connectivity index (χ0v) is 52.7. The number of allylic oxidation sites excluding steroid dienone is 10. The van der Waals surface area contributed by atoms with Gasteiger partial charge in [0.1, 0.15) is 0 Å². The quantitative estimate of drug-likeness (QED) is 0.0668. The van der Waals surface area contributed by atoms with E-state index in [9.17, 15) is 0 Å². The van der Waals surface area contributed by atoms with Crippen LogP contribution in [0.2, 0.25) is 0 Å². The average molecular weight is 1190 g/mol. The first-order valence-corrected chi connectivity index (χ1v) is 31.1. The molecule has 0 aromatic heterocycles. The zero-order chi connectivity index (χ0) is 53.4. The summed E-state index contributed by atoms with van der Waals surface area (Å²) in [5.74, 6) is 4.57. The zero-order valence-electron chi connectivity index (χ0n) is 48.2. The third kappa shape index (κ3) is 25.0. The second kappa shape index (κ2) is 40.4. The summed E-state index contributed by atoms with van der Waals surface area (Å²) in [6.45, 7) is 11.5. The fraction of sp³-hybridized carbons (Fsp3) is 0.429. The Balaban J connectivity index is 0.000000492. The SMILES string of the molecule is CCC1CC=C(c2ccc(S)cc2)CC1.CCC1CC=C(c2ccc(S)cc2)CC1.CCC1CC=C(c2ccc(S)cc2)CC1.CCC1CC=C(c2ccc(S)cc2)CC1.CCC1CC=C(c2ccc(S)cc2)CC1.F.F.F.F.F. The van der Waals surface area contributed by atoms with Gasteiger partial charge in [0.25, 0.3) is 0 Å². The van der Waals surface area contributed by atoms with Crippen LogP contribution in [0.5, 0.6) is 0 Å². The van der Waals surface area contributed by atoms with Crippen LogP contribution in [0.1, 0.15) is 191 Å². The number of rotatable bonds is 10. The minimum Gasteiger partial charge on any atom is -0.269 e. The fourth-order valence-corrected chi connectivity index (χ4v) is 11.7. The molecule has 5 atom stereocenters. The second-order valence-corrected chi connectivity index (χ2v) is 24.2. The predicted octanol–water partition coefficient (Wildman–Crippen LogP) is 23.6. The Labute approximate surface area is 507 Å². The number of hydrogen-bond donors (Lipinski definition) is 5. The molecular formula is C70H95F5S5. The smallest absolute Gasteiger partial charge is 0.00403 e. The molecule has 5 unspecified atom stereocenters. The lowest BCUT2D eigenvalue weighted by atomic mass is 9.85. The van der Waals surface area contributed by atoms with Gasteiger partial charge in [-0.05, 0) is 242 Å². The van der Waals surface area contributed by atoms with Crippen molar-refractivity contribution in [2.24, 2.45) is 29.6 Å². The summed E-state index contributed by atoms with van der Waals surface area (Å²) in [7, 11) is 0. The van der Waals surface area contributed by atoms with Gasteiger partial charge in [-0.25, -0.2) is 0 Å². The number of halogens is 5. The predicted molar refractivity (Wildman–Crippen MR) is 359 cm³/mol. The molecule has 0 saturated heterocycles. The van der Waals surface area contributed by atoms with Crippen molar-refractivity contribution in [2.45, 2.75) is 188 Å². The maximum Gasteiger partial charge on any atom is 0.00403 e. The monoisotopic (exact) mass is 1190 g/mol. The molecule has 0 amide bonds. The van der Waals surface area contributed by atoms with Crippen LogP contribution in [-0.2, 0) is 0 Å². The number of benzene rings is 5. The van der Waals surface area contributed by atoms with Gasteiger partial charge in [-0.15, -0.1) is 63.1 Å². The molecule has 0 nitrogen and oxygen atoms in total. The first-order valence-electron chi connectivity index (χ1n) is 28.9. The third-order valence-corrected chi connectivity index (χ3v) is 18.2. The van der Waals surface area contributed by atoms with Crippen molar-refractivity contribution in [2.75, 3.05) is 0 Å². The fourth-order valence-electron chi connectivity index (χ4n) is 11.0. The van der Waals surface area contributed by atoms with Gasteiger partial charge in [-0.2, -0.15) is 0 Å². The normalized spacial score (nSPS) is 19.9. The Morgan fingerprint density at radius 2 is 0.388 bits per heavy atom. The minimum atomic E-state index is 0. The molecule has 0 saturated carbocycles. The van der Waals surface area contributed by atoms with E-state index in [0.29, 0.717) is 0 Å². The molecule has 80 heavy (non-hydrogen) atoms. The highest BCUT2D eigenvalue weighted by Crippen LogP contribution is 2.36. The Morgan fingerprint density at radius 1 is 0.250 bits per heavy atom. The van der Waals surface area contributed by atoms with E-state index in [0.717, 1.165) is 54.1 Å². The highest BCUT2D eigenvalue weighted by molar-refractivity contribution is 7.81. The van der Waals surface area contributed by atoms with Crippen LogP contribution >= 0.6 is 63.1 Å². The molecule has 10 rings (SSSR count). The molecule has 0 radical (unpaired) electrons. The second-order valence-electron chi connectivity index (χ2n) is 21.6. The van der Waals surface area contributed by atoms with Gasteiger partial charge in [-0.1, -0.05) is 158 Å². The van der Waals surface area contributed by atoms with Crippen molar-refractivity contribution in [1.82, 2.24) is 0 Å². The van der Waals surface area contributed by atoms with Gasteiger partial charge in [-0.3, -0.25) is 23.5 Å². The minimum absolute atomic E-state index is 0. The molecule has 5 aliphatic carbocycles. The molecule has 5 aromatic rings. The standard InChI is InChI=1S/5C14H18S.5FH/c5*1-2-11-3-5-12(6-4-11)13-7-9-14(15)10-8-13;;;;;/h5*5,7-11,15H,2-4,6H2,1H3;5*1H. The summed E-state index contributed by atoms with van der Waals surface area (Å²) >= 11 is 21.5. The summed E-state index contributed by atoms with van der Waals surface area (Å²) in [5.41, 5.74) is 14.5. The van der Waals surface area contributed by atoms with E-state index in [2.05, 4.69) is 249 Å². The van der Waals surface area contributed by atoms with Crippen LogP contribution in [0.4, 0.5) is 23.5 Å². The van der Waals surface area contributed by atoms with E-state index in [-0.39, 0.29) is 23.5 Å². The number of hydrogen-bond acceptors (Lipinski definition) is 5. The van der Waals surface area contributed by atoms with E-state index < -0.39 is 0 Å². The Bertz CT molecular complexity index is 2190. The topological polar surface area (TPSA) is 0 Å². The van der Waals surface area contributed by atoms with E-state index in [1.165, 1.54) is 184 Å². The van der Waals surface area contributed by atoms with Crippen molar-refractivity contribution in [3.05, 3.63) is 180 Å². The van der Waals surface area contributed by atoms with Crippen molar-refractivity contribution < 1.29 is 23.5 Å². The molecule has 0 bridgehead atoms. The average Bonchev–Trinajstić information content (AvgIpc) is 3.47. The number of thiol groups is 5. The summed E-state index contributed by atoms with van der Waals surface area (Å²) in [4.78, 5) is 5.22. The van der Waals surface area contributed by atoms with Gasteiger partial charge in [0.05, 0.1) is 0 Å². The van der Waals surface area contributed by atoms with Crippen LogP contribution in [0, 0.1) is 29.6 Å². The molecule has 440 valence electrons. The van der Waals surface area contributed by atoms with Gasteiger partial charge in [0.15, 0.2) is 0 Å². The lowest BCUT2D eigenvalue weighted by molar-refractivity contribution is 0.471. The molecule has 0 fully saturated rings. The van der Waals surface area contributed by atoms with Crippen LogP contribution in [-0.4, -0.2) is 0 Å². The summed E-state index contributed by atoms with van der Waals surface area (Å²) in [6.07, 6.45) is 38.0. The molecule has 0 spiro atoms. The van der Waals surface area contributed by atoms with E-state index in [4.69, 9.17) is 0 Å². The Kier molecular flexibility index (Phi) is 37.5. The Hall–Kier alpha value is -3.80. The summed E-state index contributed by atoms with van der Waals surface area (Å²) < 4.78 is 0. The maximum absolute atomic E-state index is 4.31. The summed E-state index contributed by atoms with van der Waals surface area (Å²) in [6, 6.07) is 42.6. The van der Waals surface area contributed by atoms with E-state index in [1.54, 1.807) is 0 Å². The summed E-state index contributed by atoms with van der Waals surface area (Å²) in [5, 5.41) is 0. The molecule has 5 aliphatic rings. The van der Waals surface area contributed by atoms with Crippen LogP contribution < -0.4 is 0 Å². The molecule has 0 N–H and O–H groups in total. The highest BCUT2D eigenvalue weighted by atomic mass is 32.1. The van der Waals surface area contributed by atoms with Crippen molar-refractivity contribution in [3.8, 4) is 0 Å². The maximum atomic E-state index is 4.31. The van der Waals surface area contributed by atoms with Crippen molar-refractivity contribution >= 4 is 91.0 Å². The molecule has 0 aliphatic heterocycles. The Morgan fingerprint density at radius 3 is 0.487 bits per heavy atom. The van der Waals surface area contributed by atoms with Crippen LogP contribution in [0.25, 0.3) is 27.9 Å². The third-order valence-electron chi connectivity index (χ3n) is 16.7. The lowest BCUT2D eigenvalue weighted by Gasteiger charge is -2.20. The van der Waals surface area contributed by atoms with E-state index in [1.807, 2.05) is 0 Å². The van der Waals surface area contributed by atoms with Gasteiger partial charge in [0.2, 0.25) is 0 Å². The first kappa shape index (κ1) is 74.2. The van der Waals surface area contributed by atoms with Crippen LogP contribution in [0.15, 0.2) is 176 Å². The first-order chi connectivity index (χ1) is 36.5. The molecule has 0 heterocycles. The van der Waals surface area contributed by atoms with Crippen molar-refractivity contribution in [3.63, 3.8) is 0 Å².